The van der Waals surface area contributed by atoms with E-state index in [0.717, 1.165) is 16.3 Å². The van der Waals surface area contributed by atoms with Crippen molar-refractivity contribution in [3.8, 4) is 0 Å². The summed E-state index contributed by atoms with van der Waals surface area (Å²) >= 11 is 1.16. The van der Waals surface area contributed by atoms with Crippen molar-refractivity contribution >= 4 is 23.3 Å². The number of carbonyl (C=O) groups excluding carboxylic acids is 1. The molecule has 1 aromatic heterocycles. The smallest absolute Gasteiger partial charge is 0.426 e. The molecule has 0 aliphatic rings. The van der Waals surface area contributed by atoms with Crippen molar-refractivity contribution in [2.75, 3.05) is 6.54 Å². The summed E-state index contributed by atoms with van der Waals surface area (Å²) < 4.78 is 0. The molecule has 0 saturated carbocycles. The maximum absolute atomic E-state index is 11.6. The van der Waals surface area contributed by atoms with Crippen molar-refractivity contribution < 1.29 is 14.7 Å². The van der Waals surface area contributed by atoms with Crippen LogP contribution < -0.4 is 5.43 Å². The summed E-state index contributed by atoms with van der Waals surface area (Å²) in [7, 11) is 0. The molecule has 0 atom stereocenters. The zero-order valence-electron chi connectivity index (χ0n) is 9.01. The molecular weight excluding hydrogens is 230 g/mol. The zero-order valence-corrected chi connectivity index (χ0v) is 9.82. The van der Waals surface area contributed by atoms with Gasteiger partial charge in [-0.3, -0.25) is 15.2 Å². The van der Waals surface area contributed by atoms with E-state index >= 15 is 0 Å². The second-order valence-corrected chi connectivity index (χ2v) is 4.48. The second kappa shape index (κ2) is 5.45. The molecule has 0 saturated heterocycles. The Balaban J connectivity index is 2.62. The molecule has 7 heteroatoms. The number of amides is 2. The molecule has 0 fully saturated rings. The third-order valence-electron chi connectivity index (χ3n) is 1.67. The van der Waals surface area contributed by atoms with E-state index in [1.807, 2.05) is 13.8 Å². The topological polar surface area (TPSA) is 82.5 Å². The number of rotatable bonds is 3. The Bertz CT molecular complexity index is 364. The summed E-state index contributed by atoms with van der Waals surface area (Å²) in [5, 5.41) is 9.75. The van der Waals surface area contributed by atoms with E-state index < -0.39 is 12.0 Å². The molecule has 0 aromatic carbocycles. The average molecular weight is 243 g/mol. The normalized spacial score (nSPS) is 10.2. The standard InChI is InChI=1S/C9H13N3O3S/c1-6(2)4-12(9(14)15)11-8(13)7-3-10-5-16-7/h3,5-6H,4H2,1-2H3,(H,11,13)(H,14,15). The van der Waals surface area contributed by atoms with Crippen LogP contribution >= 0.6 is 11.3 Å². The van der Waals surface area contributed by atoms with Crippen molar-refractivity contribution in [1.82, 2.24) is 15.4 Å². The fourth-order valence-electron chi connectivity index (χ4n) is 1.04. The van der Waals surface area contributed by atoms with Gasteiger partial charge in [0.2, 0.25) is 0 Å². The van der Waals surface area contributed by atoms with Gasteiger partial charge in [-0.15, -0.1) is 11.3 Å². The first-order valence-corrected chi connectivity index (χ1v) is 5.58. The molecule has 1 heterocycles. The first-order valence-electron chi connectivity index (χ1n) is 4.70. The van der Waals surface area contributed by atoms with Crippen LogP contribution in [0.5, 0.6) is 0 Å². The van der Waals surface area contributed by atoms with Gasteiger partial charge in [0.05, 0.1) is 11.7 Å². The predicted octanol–water partition coefficient (Wildman–Crippen LogP) is 1.42. The lowest BCUT2D eigenvalue weighted by atomic mass is 10.2. The maximum Gasteiger partial charge on any atom is 0.426 e. The van der Waals surface area contributed by atoms with Crippen molar-refractivity contribution in [3.05, 3.63) is 16.6 Å². The SMILES string of the molecule is CC(C)CN(NC(=O)c1cncs1)C(=O)O. The van der Waals surface area contributed by atoms with Crippen LogP contribution in [0.4, 0.5) is 4.79 Å². The van der Waals surface area contributed by atoms with Crippen LogP contribution in [0.3, 0.4) is 0 Å². The van der Waals surface area contributed by atoms with E-state index in [4.69, 9.17) is 5.11 Å². The first-order chi connectivity index (χ1) is 7.50. The summed E-state index contributed by atoms with van der Waals surface area (Å²) in [6.45, 7) is 3.99. The van der Waals surface area contributed by atoms with E-state index in [1.54, 1.807) is 0 Å². The summed E-state index contributed by atoms with van der Waals surface area (Å²) in [5.74, 6) is -0.316. The van der Waals surface area contributed by atoms with Gasteiger partial charge in [0.1, 0.15) is 4.88 Å². The number of nitrogens with zero attached hydrogens (tertiary/aromatic N) is 2. The quantitative estimate of drug-likeness (QED) is 0.786. The fourth-order valence-corrected chi connectivity index (χ4v) is 1.55. The number of carboxylic acid groups (broad SMARTS) is 1. The Kier molecular flexibility index (Phi) is 4.24. The van der Waals surface area contributed by atoms with Crippen LogP contribution in [0.1, 0.15) is 23.5 Å². The van der Waals surface area contributed by atoms with E-state index in [-0.39, 0.29) is 12.5 Å². The zero-order chi connectivity index (χ0) is 12.1. The van der Waals surface area contributed by atoms with Crippen molar-refractivity contribution in [1.29, 1.82) is 0 Å². The Morgan fingerprint density at radius 3 is 2.75 bits per heavy atom. The highest BCUT2D eigenvalue weighted by Gasteiger charge is 2.17. The number of hydrazine groups is 1. The molecule has 1 rings (SSSR count). The number of thiazole rings is 1. The molecule has 0 unspecified atom stereocenters. The molecule has 0 radical (unpaired) electrons. The van der Waals surface area contributed by atoms with Gasteiger partial charge in [0.25, 0.3) is 5.91 Å². The highest BCUT2D eigenvalue weighted by molar-refractivity contribution is 7.11. The second-order valence-electron chi connectivity index (χ2n) is 3.59. The first kappa shape index (κ1) is 12.4. The third-order valence-corrected chi connectivity index (χ3v) is 2.44. The minimum Gasteiger partial charge on any atom is -0.464 e. The third kappa shape index (κ3) is 3.50. The molecule has 88 valence electrons. The number of aromatic nitrogens is 1. The monoisotopic (exact) mass is 243 g/mol. The van der Waals surface area contributed by atoms with Gasteiger partial charge in [-0.05, 0) is 5.92 Å². The highest BCUT2D eigenvalue weighted by atomic mass is 32.1. The lowest BCUT2D eigenvalue weighted by Gasteiger charge is -2.21. The Morgan fingerprint density at radius 1 is 1.62 bits per heavy atom. The molecule has 1 aromatic rings. The number of hydrogen-bond donors (Lipinski definition) is 2. The van der Waals surface area contributed by atoms with Crippen LogP contribution in [0.2, 0.25) is 0 Å². The largest absolute Gasteiger partial charge is 0.464 e. The van der Waals surface area contributed by atoms with Gasteiger partial charge in [-0.25, -0.2) is 9.80 Å². The van der Waals surface area contributed by atoms with Crippen LogP contribution in [-0.4, -0.2) is 33.6 Å². The minimum atomic E-state index is -1.17. The predicted molar refractivity (Wildman–Crippen MR) is 59.1 cm³/mol. The van der Waals surface area contributed by atoms with Crippen LogP contribution in [-0.2, 0) is 0 Å². The molecule has 6 nitrogen and oxygen atoms in total. The number of hydrogen-bond acceptors (Lipinski definition) is 4. The highest BCUT2D eigenvalue weighted by Crippen LogP contribution is 2.05. The van der Waals surface area contributed by atoms with E-state index in [1.165, 1.54) is 11.7 Å². The van der Waals surface area contributed by atoms with Crippen molar-refractivity contribution in [3.63, 3.8) is 0 Å². The van der Waals surface area contributed by atoms with E-state index in [9.17, 15) is 9.59 Å². The summed E-state index contributed by atoms with van der Waals surface area (Å²) in [4.78, 5) is 26.5. The summed E-state index contributed by atoms with van der Waals surface area (Å²) in [6, 6.07) is 0. The lowest BCUT2D eigenvalue weighted by Crippen LogP contribution is -2.47. The summed E-state index contributed by atoms with van der Waals surface area (Å²) in [6.07, 6.45) is 0.224. The van der Waals surface area contributed by atoms with Crippen LogP contribution in [0.25, 0.3) is 0 Å². The molecule has 0 aliphatic heterocycles. The van der Waals surface area contributed by atoms with Gasteiger partial charge in [-0.1, -0.05) is 13.8 Å². The van der Waals surface area contributed by atoms with Gasteiger partial charge < -0.3 is 5.11 Å². The Morgan fingerprint density at radius 2 is 2.31 bits per heavy atom. The Hall–Kier alpha value is -1.63. The van der Waals surface area contributed by atoms with Crippen LogP contribution in [0.15, 0.2) is 11.7 Å². The number of carbonyl (C=O) groups is 2. The van der Waals surface area contributed by atoms with E-state index in [2.05, 4.69) is 10.4 Å². The Labute approximate surface area is 96.9 Å². The maximum atomic E-state index is 11.6. The molecule has 0 aliphatic carbocycles. The van der Waals surface area contributed by atoms with Gasteiger partial charge in [-0.2, -0.15) is 0 Å². The molecule has 2 N–H and O–H groups in total. The molecular formula is C9H13N3O3S. The molecule has 0 spiro atoms. The van der Waals surface area contributed by atoms with Crippen molar-refractivity contribution in [2.45, 2.75) is 13.8 Å². The lowest BCUT2D eigenvalue weighted by molar-refractivity contribution is 0.0735. The minimum absolute atomic E-state index is 0.137. The molecule has 16 heavy (non-hydrogen) atoms. The molecule has 0 bridgehead atoms. The average Bonchev–Trinajstić information content (AvgIpc) is 2.68. The molecule has 2 amide bonds. The van der Waals surface area contributed by atoms with Gasteiger partial charge >= 0.3 is 6.09 Å². The van der Waals surface area contributed by atoms with Gasteiger partial charge in [0, 0.05) is 6.54 Å². The number of nitrogens with one attached hydrogen (secondary N) is 1. The summed E-state index contributed by atoms with van der Waals surface area (Å²) in [5.41, 5.74) is 3.83. The van der Waals surface area contributed by atoms with Crippen LogP contribution in [0, 0.1) is 5.92 Å². The van der Waals surface area contributed by atoms with Crippen molar-refractivity contribution in [2.24, 2.45) is 5.92 Å². The fraction of sp³-hybridized carbons (Fsp3) is 0.444. The van der Waals surface area contributed by atoms with E-state index in [0.29, 0.717) is 4.88 Å². The van der Waals surface area contributed by atoms with Gasteiger partial charge in [0.15, 0.2) is 0 Å².